The summed E-state index contributed by atoms with van der Waals surface area (Å²) in [7, 11) is 0. The van der Waals surface area contributed by atoms with Crippen molar-refractivity contribution in [2.75, 3.05) is 0 Å². The summed E-state index contributed by atoms with van der Waals surface area (Å²) in [6.07, 6.45) is 1.65. The molecule has 0 unspecified atom stereocenters. The number of hydrogen-bond acceptors (Lipinski definition) is 2. The van der Waals surface area contributed by atoms with Gasteiger partial charge >= 0.3 is 29.6 Å². The van der Waals surface area contributed by atoms with Gasteiger partial charge in [0.1, 0.15) is 0 Å². The van der Waals surface area contributed by atoms with Crippen LogP contribution in [0.25, 0.3) is 0 Å². The van der Waals surface area contributed by atoms with E-state index in [1.54, 1.807) is 27.7 Å². The molecule has 0 aliphatic heterocycles. The van der Waals surface area contributed by atoms with Gasteiger partial charge in [0.2, 0.25) is 0 Å². The second-order valence-electron chi connectivity index (χ2n) is 4.33. The molecule has 0 amide bonds. The predicted octanol–water partition coefficient (Wildman–Crippen LogP) is 1.69. The van der Waals surface area contributed by atoms with Gasteiger partial charge < -0.3 is 10.2 Å². The molecule has 0 fully saturated rings. The van der Waals surface area contributed by atoms with Gasteiger partial charge in [-0.2, -0.15) is 0 Å². The van der Waals surface area contributed by atoms with Gasteiger partial charge in [-0.1, -0.05) is 13.8 Å². The van der Waals surface area contributed by atoms with E-state index >= 15 is 0 Å². The van der Waals surface area contributed by atoms with Crippen LogP contribution in [0.5, 0.6) is 0 Å². The summed E-state index contributed by atoms with van der Waals surface area (Å²) in [5, 5.41) is 17.7. The summed E-state index contributed by atoms with van der Waals surface area (Å²) < 4.78 is 0. The van der Waals surface area contributed by atoms with Gasteiger partial charge in [0.05, 0.1) is 11.2 Å². The van der Waals surface area contributed by atoms with Gasteiger partial charge in [-0.15, -0.1) is 0 Å². The Morgan fingerprint density at radius 2 is 0.846 bits per heavy atom. The summed E-state index contributed by atoms with van der Waals surface area (Å²) in [5.74, 6) is 0. The predicted molar refractivity (Wildman–Crippen MR) is 60.3 cm³/mol. The minimum atomic E-state index is -0.458. The standard InChI is InChI=1S/2C5H12O.Na.H/c2*1-4-5(2,3)6;;/h2*6H,4H2,1-3H3;;. The maximum absolute atomic E-state index is 8.83. The van der Waals surface area contributed by atoms with Gasteiger partial charge in [-0.05, 0) is 40.5 Å². The van der Waals surface area contributed by atoms with E-state index in [2.05, 4.69) is 0 Å². The Balaban J connectivity index is -0.000000143. The molecule has 0 saturated heterocycles. The Kier molecular flexibility index (Phi) is 12.4. The molecule has 2 N–H and O–H groups in total. The van der Waals surface area contributed by atoms with E-state index in [1.807, 2.05) is 13.8 Å². The first-order valence-corrected chi connectivity index (χ1v) is 4.57. The fraction of sp³-hybridized carbons (Fsp3) is 1.00. The molecule has 0 heterocycles. The van der Waals surface area contributed by atoms with Crippen molar-refractivity contribution in [3.8, 4) is 0 Å². The Morgan fingerprint density at radius 3 is 0.846 bits per heavy atom. The average Bonchev–Trinajstić information content (AvgIpc) is 1.86. The van der Waals surface area contributed by atoms with E-state index in [0.29, 0.717) is 0 Å². The second kappa shape index (κ2) is 8.25. The summed E-state index contributed by atoms with van der Waals surface area (Å²) in [6, 6.07) is 0. The zero-order chi connectivity index (χ0) is 10.4. The Labute approximate surface area is 105 Å². The van der Waals surface area contributed by atoms with Crippen LogP contribution in [0, 0.1) is 0 Å². The first-order chi connectivity index (χ1) is 5.12. The molecule has 3 heteroatoms. The molecule has 0 aromatic carbocycles. The minimum absolute atomic E-state index is 0. The SMILES string of the molecule is CCC(C)(C)O.CCC(C)(C)O.[NaH]. The van der Waals surface area contributed by atoms with Crippen LogP contribution in [0.2, 0.25) is 0 Å². The number of aliphatic hydroxyl groups is 2. The molecule has 78 valence electrons. The van der Waals surface area contributed by atoms with Crippen LogP contribution in [0.3, 0.4) is 0 Å². The number of hydrogen-bond donors (Lipinski definition) is 2. The Morgan fingerprint density at radius 1 is 0.769 bits per heavy atom. The second-order valence-corrected chi connectivity index (χ2v) is 4.33. The van der Waals surface area contributed by atoms with E-state index in [4.69, 9.17) is 10.2 Å². The Hall–Kier alpha value is 0.920. The molecule has 13 heavy (non-hydrogen) atoms. The van der Waals surface area contributed by atoms with E-state index in [0.717, 1.165) is 12.8 Å². The van der Waals surface area contributed by atoms with Crippen LogP contribution < -0.4 is 0 Å². The first-order valence-electron chi connectivity index (χ1n) is 4.57. The third-order valence-corrected chi connectivity index (χ3v) is 1.73. The van der Waals surface area contributed by atoms with Gasteiger partial charge in [-0.3, -0.25) is 0 Å². The van der Waals surface area contributed by atoms with E-state index < -0.39 is 11.2 Å². The molecular weight excluding hydrogens is 175 g/mol. The zero-order valence-electron chi connectivity index (χ0n) is 9.31. The molecule has 0 aliphatic carbocycles. The van der Waals surface area contributed by atoms with Crippen molar-refractivity contribution >= 4 is 29.6 Å². The molecule has 2 nitrogen and oxygen atoms in total. The van der Waals surface area contributed by atoms with Crippen molar-refractivity contribution < 1.29 is 10.2 Å². The Bertz CT molecular complexity index is 86.5. The third-order valence-electron chi connectivity index (χ3n) is 1.73. The van der Waals surface area contributed by atoms with Crippen LogP contribution in [0.4, 0.5) is 0 Å². The monoisotopic (exact) mass is 200 g/mol. The van der Waals surface area contributed by atoms with Crippen molar-refractivity contribution in [1.29, 1.82) is 0 Å². The molecule has 0 bridgehead atoms. The van der Waals surface area contributed by atoms with Crippen LogP contribution in [0.15, 0.2) is 0 Å². The molecule has 0 radical (unpaired) electrons. The molecule has 0 saturated carbocycles. The van der Waals surface area contributed by atoms with Gasteiger partial charge in [-0.25, -0.2) is 0 Å². The summed E-state index contributed by atoms with van der Waals surface area (Å²) in [4.78, 5) is 0. The van der Waals surface area contributed by atoms with Crippen LogP contribution in [-0.2, 0) is 0 Å². The molecule has 0 atom stereocenters. The average molecular weight is 200 g/mol. The van der Waals surface area contributed by atoms with E-state index in [9.17, 15) is 0 Å². The summed E-state index contributed by atoms with van der Waals surface area (Å²) >= 11 is 0. The van der Waals surface area contributed by atoms with Gasteiger partial charge in [0.25, 0.3) is 0 Å². The molecule has 0 spiro atoms. The number of rotatable bonds is 2. The van der Waals surface area contributed by atoms with Gasteiger partial charge in [0.15, 0.2) is 0 Å². The van der Waals surface area contributed by atoms with Crippen LogP contribution in [-0.4, -0.2) is 51.0 Å². The molecule has 0 aromatic heterocycles. The fourth-order valence-corrected chi connectivity index (χ4v) is 0. The van der Waals surface area contributed by atoms with Crippen molar-refractivity contribution in [3.05, 3.63) is 0 Å². The summed E-state index contributed by atoms with van der Waals surface area (Å²) in [5.41, 5.74) is -0.917. The van der Waals surface area contributed by atoms with Crippen LogP contribution >= 0.6 is 0 Å². The first kappa shape index (κ1) is 19.5. The van der Waals surface area contributed by atoms with Crippen molar-refractivity contribution in [1.82, 2.24) is 0 Å². The normalized spacial score (nSPS) is 11.1. The topological polar surface area (TPSA) is 40.5 Å². The molecular formula is C10H25NaO2. The molecule has 0 aromatic rings. The maximum atomic E-state index is 8.83. The van der Waals surface area contributed by atoms with Crippen molar-refractivity contribution in [3.63, 3.8) is 0 Å². The molecule has 0 rings (SSSR count). The summed E-state index contributed by atoms with van der Waals surface area (Å²) in [6.45, 7) is 11.1. The van der Waals surface area contributed by atoms with Crippen molar-refractivity contribution in [2.45, 2.75) is 65.6 Å². The fourth-order valence-electron chi connectivity index (χ4n) is 0. The van der Waals surface area contributed by atoms with E-state index in [-0.39, 0.29) is 29.6 Å². The quantitative estimate of drug-likeness (QED) is 0.666. The van der Waals surface area contributed by atoms with Crippen LogP contribution in [0.1, 0.15) is 54.4 Å². The van der Waals surface area contributed by atoms with E-state index in [1.165, 1.54) is 0 Å². The van der Waals surface area contributed by atoms with Crippen molar-refractivity contribution in [2.24, 2.45) is 0 Å². The third kappa shape index (κ3) is 32.2. The van der Waals surface area contributed by atoms with Gasteiger partial charge in [0, 0.05) is 0 Å². The zero-order valence-corrected chi connectivity index (χ0v) is 9.31. The molecule has 0 aliphatic rings.